The van der Waals surface area contributed by atoms with E-state index in [-0.39, 0.29) is 12.1 Å². The second kappa shape index (κ2) is 6.17. The van der Waals surface area contributed by atoms with Crippen LogP contribution in [0.15, 0.2) is 30.5 Å². The van der Waals surface area contributed by atoms with Gasteiger partial charge in [0.25, 0.3) is 0 Å². The molecule has 0 saturated heterocycles. The third-order valence-corrected chi connectivity index (χ3v) is 3.11. The fourth-order valence-corrected chi connectivity index (χ4v) is 2.18. The summed E-state index contributed by atoms with van der Waals surface area (Å²) in [4.78, 5) is 0. The molecule has 1 heterocycles. The topological polar surface area (TPSA) is 53.1 Å². The Hall–Kier alpha value is -2.02. The zero-order valence-corrected chi connectivity index (χ0v) is 11.5. The number of hydrogen-bond acceptors (Lipinski definition) is 3. The van der Waals surface area contributed by atoms with Crippen LogP contribution in [0.25, 0.3) is 0 Å². The number of rotatable bonds is 5. The zero-order chi connectivity index (χ0) is 15.5. The first-order chi connectivity index (χ1) is 9.97. The molecule has 0 radical (unpaired) electrons. The van der Waals surface area contributed by atoms with Crippen molar-refractivity contribution in [2.24, 2.45) is 5.73 Å². The molecule has 0 aliphatic carbocycles. The van der Waals surface area contributed by atoms with Crippen molar-refractivity contribution in [2.45, 2.75) is 19.1 Å². The molecule has 0 unspecified atom stereocenters. The highest BCUT2D eigenvalue weighted by molar-refractivity contribution is 5.32. The van der Waals surface area contributed by atoms with Crippen molar-refractivity contribution in [3.8, 4) is 5.88 Å². The Bertz CT molecular complexity index is 608. The molecule has 2 N–H and O–H groups in total. The van der Waals surface area contributed by atoms with Gasteiger partial charge in [-0.3, -0.25) is 0 Å². The van der Waals surface area contributed by atoms with Crippen LogP contribution in [-0.2, 0) is 19.1 Å². The van der Waals surface area contributed by atoms with E-state index in [1.54, 1.807) is 12.3 Å². The Kier molecular flexibility index (Phi) is 4.52. The van der Waals surface area contributed by atoms with Crippen molar-refractivity contribution in [1.82, 2.24) is 9.78 Å². The molecule has 114 valence electrons. The minimum Gasteiger partial charge on any atom is -0.481 e. The molecule has 1 aromatic carbocycles. The van der Waals surface area contributed by atoms with E-state index >= 15 is 0 Å². The monoisotopic (exact) mass is 299 g/mol. The summed E-state index contributed by atoms with van der Waals surface area (Å²) < 4.78 is 45.6. The average Bonchev–Trinajstić information content (AvgIpc) is 2.80. The number of ether oxygens (including phenoxy) is 1. The second-order valence-electron chi connectivity index (χ2n) is 4.53. The first-order valence-electron chi connectivity index (χ1n) is 6.41. The normalized spacial score (nSPS) is 11.7. The van der Waals surface area contributed by atoms with Crippen LogP contribution in [0.4, 0.5) is 13.2 Å². The van der Waals surface area contributed by atoms with E-state index in [0.717, 1.165) is 11.6 Å². The van der Waals surface area contributed by atoms with E-state index in [4.69, 9.17) is 10.5 Å². The van der Waals surface area contributed by atoms with E-state index in [0.29, 0.717) is 18.8 Å². The third kappa shape index (κ3) is 3.36. The van der Waals surface area contributed by atoms with Crippen LogP contribution >= 0.6 is 0 Å². The molecule has 21 heavy (non-hydrogen) atoms. The molecule has 0 fully saturated rings. The summed E-state index contributed by atoms with van der Waals surface area (Å²) in [5.74, 6) is 0.442. The van der Waals surface area contributed by atoms with Gasteiger partial charge in [-0.25, -0.2) is 4.68 Å². The molecular formula is C14H16F3N3O. The smallest absolute Gasteiger partial charge is 0.416 e. The van der Waals surface area contributed by atoms with Gasteiger partial charge in [0.05, 0.1) is 25.4 Å². The molecule has 7 heteroatoms. The first-order valence-corrected chi connectivity index (χ1v) is 6.41. The van der Waals surface area contributed by atoms with Gasteiger partial charge in [-0.15, -0.1) is 0 Å². The van der Waals surface area contributed by atoms with E-state index in [1.807, 2.05) is 0 Å². The van der Waals surface area contributed by atoms with Gasteiger partial charge >= 0.3 is 6.18 Å². The van der Waals surface area contributed by atoms with E-state index < -0.39 is 11.7 Å². The molecule has 1 aromatic heterocycles. The molecule has 0 aliphatic rings. The lowest BCUT2D eigenvalue weighted by atomic mass is 10.1. The first kappa shape index (κ1) is 15.4. The molecule has 0 bridgehead atoms. The van der Waals surface area contributed by atoms with Gasteiger partial charge in [0, 0.05) is 5.56 Å². The lowest BCUT2D eigenvalue weighted by Gasteiger charge is -2.14. The van der Waals surface area contributed by atoms with Crippen LogP contribution in [0, 0.1) is 0 Å². The largest absolute Gasteiger partial charge is 0.481 e. The van der Waals surface area contributed by atoms with Gasteiger partial charge in [0.15, 0.2) is 0 Å². The van der Waals surface area contributed by atoms with Crippen LogP contribution in [0.5, 0.6) is 5.88 Å². The summed E-state index contributed by atoms with van der Waals surface area (Å²) in [6, 6.07) is 5.44. The number of hydrogen-bond donors (Lipinski definition) is 1. The predicted molar refractivity (Wildman–Crippen MR) is 72.1 cm³/mol. The number of halogens is 3. The Morgan fingerprint density at radius 1 is 1.24 bits per heavy atom. The van der Waals surface area contributed by atoms with E-state index in [9.17, 15) is 13.2 Å². The Morgan fingerprint density at radius 3 is 2.57 bits per heavy atom. The van der Waals surface area contributed by atoms with E-state index in [1.165, 1.54) is 23.9 Å². The maximum absolute atomic E-state index is 13.0. The highest BCUT2D eigenvalue weighted by Gasteiger charge is 2.33. The number of nitrogens with zero attached hydrogens (tertiary/aromatic N) is 2. The second-order valence-corrected chi connectivity index (χ2v) is 4.53. The maximum atomic E-state index is 13.0. The number of methoxy groups -OCH3 is 1. The fourth-order valence-electron chi connectivity index (χ4n) is 2.18. The molecule has 0 amide bonds. The van der Waals surface area contributed by atoms with Gasteiger partial charge in [0.1, 0.15) is 0 Å². The summed E-state index contributed by atoms with van der Waals surface area (Å²) >= 11 is 0. The summed E-state index contributed by atoms with van der Waals surface area (Å²) in [6.07, 6.45) is -2.26. The Labute approximate surface area is 120 Å². The summed E-state index contributed by atoms with van der Waals surface area (Å²) in [5.41, 5.74) is 5.75. The standard InChI is InChI=1S/C14H16F3N3O/c1-21-13-10(6-7-18)8-19-20(13)9-11-4-2-3-5-12(11)14(15,16)17/h2-5,8H,6-7,9,18H2,1H3. The molecule has 0 aliphatic heterocycles. The number of nitrogens with two attached hydrogens (primary N) is 1. The molecule has 2 rings (SSSR count). The summed E-state index contributed by atoms with van der Waals surface area (Å²) in [7, 11) is 1.46. The SMILES string of the molecule is COc1c(CCN)cnn1Cc1ccccc1C(F)(F)F. The van der Waals surface area contributed by atoms with Crippen molar-refractivity contribution >= 4 is 0 Å². The van der Waals surface area contributed by atoms with Gasteiger partial charge in [-0.05, 0) is 24.6 Å². The molecule has 4 nitrogen and oxygen atoms in total. The van der Waals surface area contributed by atoms with Crippen molar-refractivity contribution in [3.05, 3.63) is 47.2 Å². The molecule has 0 spiro atoms. The van der Waals surface area contributed by atoms with Crippen LogP contribution in [-0.4, -0.2) is 23.4 Å². The van der Waals surface area contributed by atoms with Gasteiger partial charge < -0.3 is 10.5 Å². The Balaban J connectivity index is 2.35. The number of aromatic nitrogens is 2. The van der Waals surface area contributed by atoms with Crippen molar-refractivity contribution in [3.63, 3.8) is 0 Å². The highest BCUT2D eigenvalue weighted by atomic mass is 19.4. The fraction of sp³-hybridized carbons (Fsp3) is 0.357. The van der Waals surface area contributed by atoms with Crippen LogP contribution in [0.1, 0.15) is 16.7 Å². The lowest BCUT2D eigenvalue weighted by Crippen LogP contribution is -2.13. The van der Waals surface area contributed by atoms with Gasteiger partial charge in [-0.2, -0.15) is 18.3 Å². The maximum Gasteiger partial charge on any atom is 0.416 e. The van der Waals surface area contributed by atoms with Gasteiger partial charge in [0.2, 0.25) is 5.88 Å². The molecular weight excluding hydrogens is 283 g/mol. The lowest BCUT2D eigenvalue weighted by molar-refractivity contribution is -0.138. The molecule has 2 aromatic rings. The summed E-state index contributed by atoms with van der Waals surface area (Å²) in [6.45, 7) is 0.407. The highest BCUT2D eigenvalue weighted by Crippen LogP contribution is 2.32. The quantitative estimate of drug-likeness (QED) is 0.922. The van der Waals surface area contributed by atoms with Crippen molar-refractivity contribution < 1.29 is 17.9 Å². The minimum atomic E-state index is -4.39. The zero-order valence-electron chi connectivity index (χ0n) is 11.5. The average molecular weight is 299 g/mol. The third-order valence-electron chi connectivity index (χ3n) is 3.11. The molecule has 0 atom stereocenters. The van der Waals surface area contributed by atoms with Crippen LogP contribution in [0.2, 0.25) is 0 Å². The van der Waals surface area contributed by atoms with Crippen LogP contribution < -0.4 is 10.5 Å². The molecule has 0 saturated carbocycles. The van der Waals surface area contributed by atoms with Crippen molar-refractivity contribution in [1.29, 1.82) is 0 Å². The van der Waals surface area contributed by atoms with Crippen molar-refractivity contribution in [2.75, 3.05) is 13.7 Å². The predicted octanol–water partition coefficient (Wildman–Crippen LogP) is 2.46. The number of benzene rings is 1. The number of alkyl halides is 3. The Morgan fingerprint density at radius 2 is 1.95 bits per heavy atom. The van der Waals surface area contributed by atoms with Crippen LogP contribution in [0.3, 0.4) is 0 Å². The summed E-state index contributed by atoms with van der Waals surface area (Å²) in [5, 5.41) is 4.09. The van der Waals surface area contributed by atoms with E-state index in [2.05, 4.69) is 5.10 Å². The minimum absolute atomic E-state index is 0.0105. The van der Waals surface area contributed by atoms with Gasteiger partial charge in [-0.1, -0.05) is 18.2 Å².